The molecule has 5 N–H and O–H groups in total. The number of alkyl carbamates (subject to hydrolysis) is 1. The number of ether oxygens (including phenoxy) is 1. The van der Waals surface area contributed by atoms with E-state index in [0.717, 1.165) is 0 Å². The molecule has 0 aliphatic rings. The van der Waals surface area contributed by atoms with Gasteiger partial charge in [-0.05, 0) is 61.4 Å². The monoisotopic (exact) mass is 685 g/mol. The molecule has 0 aromatic heterocycles. The summed E-state index contributed by atoms with van der Waals surface area (Å²) in [7, 11) is 0. The van der Waals surface area contributed by atoms with Crippen molar-refractivity contribution in [3.05, 3.63) is 0 Å². The van der Waals surface area contributed by atoms with E-state index in [9.17, 15) is 28.8 Å². The molecule has 0 rings (SSSR count). The molecule has 272 valence electrons. The van der Waals surface area contributed by atoms with Crippen molar-refractivity contribution in [3.63, 3.8) is 0 Å². The Hall–Kier alpha value is -2.83. The van der Waals surface area contributed by atoms with Crippen molar-refractivity contribution in [2.75, 3.05) is 18.6 Å². The standard InChI is InChI=1S/C34H63N5O7S/c1-13-22(9)28(32(43)35-26(24(11)40)17-19(3)4)39-31(42)27(21(7)8)37-33(44)29(23(10)14-2)38-30(41)25(15-16-47-12)36-34(45)46-18-20(5)6/h19-23,25-29H,13-18H2,1-12H3,(H,35,43)(H,36,45)(H,37,44)(H,38,41)(H,39,42). The van der Waals surface area contributed by atoms with Gasteiger partial charge in [-0.2, -0.15) is 11.8 Å². The van der Waals surface area contributed by atoms with E-state index in [2.05, 4.69) is 26.6 Å². The van der Waals surface area contributed by atoms with Crippen molar-refractivity contribution in [3.8, 4) is 0 Å². The first-order valence-corrected chi connectivity index (χ1v) is 18.4. The van der Waals surface area contributed by atoms with Crippen molar-refractivity contribution < 1.29 is 33.5 Å². The zero-order valence-electron chi connectivity index (χ0n) is 30.8. The Morgan fingerprint density at radius 3 is 1.51 bits per heavy atom. The number of carbonyl (C=O) groups is 6. The fourth-order valence-electron chi connectivity index (χ4n) is 4.67. The van der Waals surface area contributed by atoms with E-state index < -0.39 is 59.9 Å². The summed E-state index contributed by atoms with van der Waals surface area (Å²) < 4.78 is 5.21. The summed E-state index contributed by atoms with van der Waals surface area (Å²) in [6.45, 7) is 20.4. The van der Waals surface area contributed by atoms with Gasteiger partial charge >= 0.3 is 6.09 Å². The minimum Gasteiger partial charge on any atom is -0.449 e. The number of hydrogen-bond donors (Lipinski definition) is 5. The molecule has 47 heavy (non-hydrogen) atoms. The first-order chi connectivity index (χ1) is 21.9. The van der Waals surface area contributed by atoms with Gasteiger partial charge in [-0.3, -0.25) is 24.0 Å². The predicted octanol–water partition coefficient (Wildman–Crippen LogP) is 3.81. The summed E-state index contributed by atoms with van der Waals surface area (Å²) in [4.78, 5) is 78.8. The normalized spacial score (nSPS) is 15.9. The predicted molar refractivity (Wildman–Crippen MR) is 188 cm³/mol. The highest BCUT2D eigenvalue weighted by Crippen LogP contribution is 2.15. The highest BCUT2D eigenvalue weighted by Gasteiger charge is 2.36. The van der Waals surface area contributed by atoms with Crippen LogP contribution >= 0.6 is 11.8 Å². The van der Waals surface area contributed by atoms with E-state index in [0.29, 0.717) is 31.4 Å². The average Bonchev–Trinajstić information content (AvgIpc) is 3.00. The molecule has 0 aliphatic heterocycles. The Morgan fingerprint density at radius 1 is 0.617 bits per heavy atom. The second kappa shape index (κ2) is 22.7. The maximum Gasteiger partial charge on any atom is 0.407 e. The quantitative estimate of drug-likeness (QED) is 0.115. The second-order valence-corrected chi connectivity index (χ2v) is 14.7. The zero-order valence-corrected chi connectivity index (χ0v) is 31.6. The molecule has 0 fully saturated rings. The molecule has 7 unspecified atom stereocenters. The molecule has 7 atom stereocenters. The van der Waals surface area contributed by atoms with Gasteiger partial charge in [0, 0.05) is 0 Å². The number of amides is 5. The molecule has 0 bridgehead atoms. The first kappa shape index (κ1) is 44.2. The lowest BCUT2D eigenvalue weighted by Gasteiger charge is -2.31. The lowest BCUT2D eigenvalue weighted by molar-refractivity contribution is -0.136. The van der Waals surface area contributed by atoms with Gasteiger partial charge < -0.3 is 31.3 Å². The van der Waals surface area contributed by atoms with E-state index in [1.54, 1.807) is 13.8 Å². The van der Waals surface area contributed by atoms with Crippen LogP contribution in [0.3, 0.4) is 0 Å². The largest absolute Gasteiger partial charge is 0.449 e. The number of nitrogens with one attached hydrogen (secondary N) is 5. The van der Waals surface area contributed by atoms with E-state index in [4.69, 9.17) is 4.74 Å². The van der Waals surface area contributed by atoms with Crippen molar-refractivity contribution in [2.24, 2.45) is 29.6 Å². The van der Waals surface area contributed by atoms with Gasteiger partial charge in [0.2, 0.25) is 23.6 Å². The number of thioether (sulfide) groups is 1. The Balaban J connectivity index is 6.01. The Kier molecular flexibility index (Phi) is 21.3. The minimum absolute atomic E-state index is 0.126. The Morgan fingerprint density at radius 2 is 1.09 bits per heavy atom. The SMILES string of the molecule is CCC(C)C(NC(=O)C(CCSC)NC(=O)OCC(C)C)C(=O)NC(C(=O)NC(C(=O)NC(CC(C)C)C(C)=O)C(C)CC)C(C)C. The van der Waals surface area contributed by atoms with Crippen LogP contribution < -0.4 is 26.6 Å². The number of hydrogen-bond acceptors (Lipinski definition) is 8. The Labute approximate surface area is 287 Å². The smallest absolute Gasteiger partial charge is 0.407 e. The molecule has 13 heteroatoms. The van der Waals surface area contributed by atoms with E-state index in [-0.39, 0.29) is 42.0 Å². The van der Waals surface area contributed by atoms with Crippen LogP contribution in [0.15, 0.2) is 0 Å². The maximum atomic E-state index is 13.7. The lowest BCUT2D eigenvalue weighted by Crippen LogP contribution is -2.61. The molecule has 0 aromatic rings. The second-order valence-electron chi connectivity index (χ2n) is 13.7. The van der Waals surface area contributed by atoms with Crippen LogP contribution in [0, 0.1) is 29.6 Å². The Bertz CT molecular complexity index is 1020. The molecule has 0 heterocycles. The summed E-state index contributed by atoms with van der Waals surface area (Å²) in [5, 5.41) is 13.9. The summed E-state index contributed by atoms with van der Waals surface area (Å²) >= 11 is 1.52. The maximum absolute atomic E-state index is 13.7. The summed E-state index contributed by atoms with van der Waals surface area (Å²) in [5.41, 5.74) is 0. The summed E-state index contributed by atoms with van der Waals surface area (Å²) in [6.07, 6.45) is 3.13. The molecule has 0 saturated carbocycles. The van der Waals surface area contributed by atoms with E-state index >= 15 is 0 Å². The molecular formula is C34H63N5O7S. The van der Waals surface area contributed by atoms with Crippen LogP contribution in [-0.4, -0.2) is 84.3 Å². The van der Waals surface area contributed by atoms with Crippen molar-refractivity contribution >= 4 is 47.3 Å². The summed E-state index contributed by atoms with van der Waals surface area (Å²) in [5.74, 6) is -2.25. The van der Waals surface area contributed by atoms with E-state index in [1.165, 1.54) is 18.7 Å². The molecule has 12 nitrogen and oxygen atoms in total. The zero-order chi connectivity index (χ0) is 36.4. The average molecular weight is 686 g/mol. The van der Waals surface area contributed by atoms with Crippen molar-refractivity contribution in [1.82, 2.24) is 26.6 Å². The third kappa shape index (κ3) is 16.7. The molecule has 0 aliphatic carbocycles. The van der Waals surface area contributed by atoms with Gasteiger partial charge in [0.15, 0.2) is 5.78 Å². The third-order valence-corrected chi connectivity index (χ3v) is 8.76. The molecule has 0 radical (unpaired) electrons. The van der Waals surface area contributed by atoms with Crippen molar-refractivity contribution in [2.45, 2.75) is 132 Å². The fraction of sp³-hybridized carbons (Fsp3) is 0.824. The van der Waals surface area contributed by atoms with Gasteiger partial charge in [0.25, 0.3) is 0 Å². The van der Waals surface area contributed by atoms with E-state index in [1.807, 2.05) is 61.6 Å². The number of ketones is 1. The van der Waals surface area contributed by atoms with Crippen LogP contribution in [0.4, 0.5) is 4.79 Å². The highest BCUT2D eigenvalue weighted by atomic mass is 32.2. The van der Waals surface area contributed by atoms with Gasteiger partial charge in [-0.25, -0.2) is 4.79 Å². The van der Waals surface area contributed by atoms with Crippen LogP contribution in [0.25, 0.3) is 0 Å². The minimum atomic E-state index is -1.01. The molecule has 0 saturated heterocycles. The third-order valence-electron chi connectivity index (χ3n) is 8.11. The fourth-order valence-corrected chi connectivity index (χ4v) is 5.14. The van der Waals surface area contributed by atoms with Crippen molar-refractivity contribution in [1.29, 1.82) is 0 Å². The molecule has 5 amide bonds. The topological polar surface area (TPSA) is 172 Å². The van der Waals surface area contributed by atoms with Gasteiger partial charge in [0.1, 0.15) is 24.2 Å². The van der Waals surface area contributed by atoms with Crippen LogP contribution in [0.1, 0.15) is 102 Å². The van der Waals surface area contributed by atoms with Crippen LogP contribution in [0.5, 0.6) is 0 Å². The number of Topliss-reactive ketones (excluding diaryl/α,β-unsaturated/α-hetero) is 1. The first-order valence-electron chi connectivity index (χ1n) is 17.0. The van der Waals surface area contributed by atoms with Crippen LogP contribution in [-0.2, 0) is 28.7 Å². The lowest BCUT2D eigenvalue weighted by atomic mass is 9.94. The van der Waals surface area contributed by atoms with Gasteiger partial charge in [-0.1, -0.05) is 82.1 Å². The molecule has 0 spiro atoms. The van der Waals surface area contributed by atoms with Gasteiger partial charge in [0.05, 0.1) is 12.6 Å². The molecule has 0 aromatic carbocycles. The highest BCUT2D eigenvalue weighted by molar-refractivity contribution is 7.98. The summed E-state index contributed by atoms with van der Waals surface area (Å²) in [6, 6.07) is -4.52. The van der Waals surface area contributed by atoms with Gasteiger partial charge in [-0.15, -0.1) is 0 Å². The molecular weight excluding hydrogens is 622 g/mol. The number of rotatable bonds is 22. The van der Waals surface area contributed by atoms with Crippen LogP contribution in [0.2, 0.25) is 0 Å². The number of carbonyl (C=O) groups excluding carboxylic acids is 6.